The van der Waals surface area contributed by atoms with Crippen LogP contribution in [0.4, 0.5) is 0 Å². The molecule has 0 radical (unpaired) electrons. The van der Waals surface area contributed by atoms with Crippen LogP contribution in [-0.4, -0.2) is 48.6 Å². The standard InChI is InChI=1S/C9H18N2S/c1-11(7-3-4-7)8-5-10-6-9(8)12-2/h7-10H,3-6H2,1-2H3. The van der Waals surface area contributed by atoms with Gasteiger partial charge in [0.15, 0.2) is 0 Å². The van der Waals surface area contributed by atoms with E-state index >= 15 is 0 Å². The van der Waals surface area contributed by atoms with Crippen molar-refractivity contribution in [3.63, 3.8) is 0 Å². The predicted octanol–water partition coefficient (Wildman–Crippen LogP) is 0.784. The van der Waals surface area contributed by atoms with Crippen LogP contribution in [0.15, 0.2) is 0 Å². The molecule has 1 aliphatic heterocycles. The highest BCUT2D eigenvalue weighted by Gasteiger charge is 2.36. The molecule has 1 saturated carbocycles. The monoisotopic (exact) mass is 186 g/mol. The van der Waals surface area contributed by atoms with Crippen LogP contribution in [-0.2, 0) is 0 Å². The molecule has 70 valence electrons. The van der Waals surface area contributed by atoms with E-state index in [1.807, 2.05) is 11.8 Å². The van der Waals surface area contributed by atoms with Gasteiger partial charge in [0.1, 0.15) is 0 Å². The molecule has 2 unspecified atom stereocenters. The summed E-state index contributed by atoms with van der Waals surface area (Å²) >= 11 is 2.01. The Balaban J connectivity index is 1.91. The van der Waals surface area contributed by atoms with Crippen molar-refractivity contribution in [3.8, 4) is 0 Å². The second kappa shape index (κ2) is 3.56. The number of thioether (sulfide) groups is 1. The Bertz CT molecular complexity index is 159. The molecule has 0 aromatic carbocycles. The second-order valence-electron chi connectivity index (χ2n) is 3.90. The van der Waals surface area contributed by atoms with Crippen LogP contribution in [0.25, 0.3) is 0 Å². The zero-order valence-electron chi connectivity index (χ0n) is 7.92. The number of hydrogen-bond acceptors (Lipinski definition) is 3. The fourth-order valence-corrected chi connectivity index (χ4v) is 2.93. The minimum atomic E-state index is 0.785. The Hall–Kier alpha value is 0.270. The predicted molar refractivity (Wildman–Crippen MR) is 54.7 cm³/mol. The largest absolute Gasteiger partial charge is 0.314 e. The summed E-state index contributed by atoms with van der Waals surface area (Å²) in [5.74, 6) is 0. The normalized spacial score (nSPS) is 36.2. The maximum Gasteiger partial charge on any atom is 0.0351 e. The van der Waals surface area contributed by atoms with Gasteiger partial charge in [0, 0.05) is 30.4 Å². The molecule has 0 amide bonds. The topological polar surface area (TPSA) is 15.3 Å². The molecule has 1 aliphatic carbocycles. The highest BCUT2D eigenvalue weighted by atomic mass is 32.2. The van der Waals surface area contributed by atoms with Gasteiger partial charge in [-0.2, -0.15) is 11.8 Å². The highest BCUT2D eigenvalue weighted by Crippen LogP contribution is 2.30. The third-order valence-electron chi connectivity index (χ3n) is 3.08. The van der Waals surface area contributed by atoms with Crippen molar-refractivity contribution in [1.82, 2.24) is 10.2 Å². The molecule has 2 nitrogen and oxygen atoms in total. The molecule has 0 bridgehead atoms. The van der Waals surface area contributed by atoms with Crippen molar-refractivity contribution in [2.45, 2.75) is 30.2 Å². The van der Waals surface area contributed by atoms with Crippen LogP contribution in [0.1, 0.15) is 12.8 Å². The van der Waals surface area contributed by atoms with Crippen LogP contribution < -0.4 is 5.32 Å². The number of nitrogens with one attached hydrogen (secondary N) is 1. The lowest BCUT2D eigenvalue weighted by atomic mass is 10.2. The van der Waals surface area contributed by atoms with Crippen molar-refractivity contribution in [3.05, 3.63) is 0 Å². The average molecular weight is 186 g/mol. The van der Waals surface area contributed by atoms with Crippen molar-refractivity contribution < 1.29 is 0 Å². The Morgan fingerprint density at radius 1 is 1.33 bits per heavy atom. The first-order chi connectivity index (χ1) is 5.83. The average Bonchev–Trinajstić information content (AvgIpc) is 2.82. The number of rotatable bonds is 3. The van der Waals surface area contributed by atoms with Gasteiger partial charge >= 0.3 is 0 Å². The van der Waals surface area contributed by atoms with Gasteiger partial charge in [-0.25, -0.2) is 0 Å². The molecule has 3 heteroatoms. The fourth-order valence-electron chi connectivity index (χ4n) is 2.04. The first kappa shape index (κ1) is 8.85. The maximum absolute atomic E-state index is 3.47. The molecule has 12 heavy (non-hydrogen) atoms. The van der Waals surface area contributed by atoms with Crippen LogP contribution in [0.2, 0.25) is 0 Å². The molecule has 2 atom stereocenters. The summed E-state index contributed by atoms with van der Waals surface area (Å²) in [6.45, 7) is 2.39. The van der Waals surface area contributed by atoms with Crippen molar-refractivity contribution >= 4 is 11.8 Å². The van der Waals surface area contributed by atoms with E-state index < -0.39 is 0 Å². The van der Waals surface area contributed by atoms with Crippen LogP contribution in [0, 0.1) is 0 Å². The number of nitrogens with zero attached hydrogens (tertiary/aromatic N) is 1. The first-order valence-electron chi connectivity index (χ1n) is 4.78. The molecular weight excluding hydrogens is 168 g/mol. The van der Waals surface area contributed by atoms with Gasteiger partial charge < -0.3 is 5.32 Å². The summed E-state index contributed by atoms with van der Waals surface area (Å²) in [5, 5.41) is 4.29. The molecule has 2 rings (SSSR count). The van der Waals surface area contributed by atoms with E-state index in [1.165, 1.54) is 25.9 Å². The van der Waals surface area contributed by atoms with Gasteiger partial charge in [0.05, 0.1) is 0 Å². The molecule has 0 aromatic rings. The van der Waals surface area contributed by atoms with Crippen LogP contribution >= 0.6 is 11.8 Å². The lowest BCUT2D eigenvalue weighted by molar-refractivity contribution is 0.251. The quantitative estimate of drug-likeness (QED) is 0.701. The summed E-state index contributed by atoms with van der Waals surface area (Å²) in [6.07, 6.45) is 5.08. The Morgan fingerprint density at radius 2 is 2.08 bits per heavy atom. The second-order valence-corrected chi connectivity index (χ2v) is 4.97. The summed E-state index contributed by atoms with van der Waals surface area (Å²) in [7, 11) is 2.29. The lowest BCUT2D eigenvalue weighted by Gasteiger charge is -2.27. The summed E-state index contributed by atoms with van der Waals surface area (Å²) in [6, 6.07) is 1.69. The fraction of sp³-hybridized carbons (Fsp3) is 1.00. The lowest BCUT2D eigenvalue weighted by Crippen LogP contribution is -2.40. The van der Waals surface area contributed by atoms with E-state index in [1.54, 1.807) is 0 Å². The molecule has 1 saturated heterocycles. The maximum atomic E-state index is 3.47. The number of hydrogen-bond donors (Lipinski definition) is 1. The van der Waals surface area contributed by atoms with Crippen LogP contribution in [0.3, 0.4) is 0 Å². The summed E-state index contributed by atoms with van der Waals surface area (Å²) in [5.41, 5.74) is 0. The van der Waals surface area contributed by atoms with E-state index in [0.717, 1.165) is 17.3 Å². The zero-order chi connectivity index (χ0) is 8.55. The van der Waals surface area contributed by atoms with Crippen molar-refractivity contribution in [2.24, 2.45) is 0 Å². The van der Waals surface area contributed by atoms with Gasteiger partial charge in [-0.1, -0.05) is 0 Å². The van der Waals surface area contributed by atoms with Gasteiger partial charge in [-0.05, 0) is 26.1 Å². The van der Waals surface area contributed by atoms with E-state index in [0.29, 0.717) is 0 Å². The summed E-state index contributed by atoms with van der Waals surface area (Å²) < 4.78 is 0. The molecule has 1 heterocycles. The van der Waals surface area contributed by atoms with E-state index in [4.69, 9.17) is 0 Å². The third kappa shape index (κ3) is 1.63. The first-order valence-corrected chi connectivity index (χ1v) is 6.07. The van der Waals surface area contributed by atoms with Gasteiger partial charge in [-0.15, -0.1) is 0 Å². The van der Waals surface area contributed by atoms with Crippen molar-refractivity contribution in [2.75, 3.05) is 26.4 Å². The van der Waals surface area contributed by atoms with E-state index in [-0.39, 0.29) is 0 Å². The SMILES string of the molecule is CSC1CNCC1N(C)C1CC1. The third-order valence-corrected chi connectivity index (χ3v) is 4.16. The highest BCUT2D eigenvalue weighted by molar-refractivity contribution is 7.99. The smallest absolute Gasteiger partial charge is 0.0351 e. The zero-order valence-corrected chi connectivity index (χ0v) is 8.73. The summed E-state index contributed by atoms with van der Waals surface area (Å²) in [4.78, 5) is 2.58. The number of likely N-dealkylation sites (N-methyl/N-ethyl adjacent to an activating group) is 1. The molecule has 0 aromatic heterocycles. The molecule has 1 N–H and O–H groups in total. The Kier molecular flexibility index (Phi) is 2.63. The Morgan fingerprint density at radius 3 is 2.67 bits per heavy atom. The molecular formula is C9H18N2S. The van der Waals surface area contributed by atoms with Crippen LogP contribution in [0.5, 0.6) is 0 Å². The van der Waals surface area contributed by atoms with Crippen molar-refractivity contribution in [1.29, 1.82) is 0 Å². The molecule has 2 aliphatic rings. The van der Waals surface area contributed by atoms with E-state index in [2.05, 4.69) is 23.5 Å². The van der Waals surface area contributed by atoms with Gasteiger partial charge in [0.2, 0.25) is 0 Å². The molecule has 2 fully saturated rings. The Labute approximate surface area is 79.1 Å². The minimum Gasteiger partial charge on any atom is -0.314 e. The van der Waals surface area contributed by atoms with Gasteiger partial charge in [-0.3, -0.25) is 4.90 Å². The van der Waals surface area contributed by atoms with E-state index in [9.17, 15) is 0 Å². The minimum absolute atomic E-state index is 0.785. The van der Waals surface area contributed by atoms with Gasteiger partial charge in [0.25, 0.3) is 0 Å². The molecule has 0 spiro atoms.